The molecule has 2 fully saturated rings. The Morgan fingerprint density at radius 2 is 1.86 bits per heavy atom. The number of aliphatic hydroxyl groups excluding tert-OH is 1. The Labute approximate surface area is 127 Å². The minimum atomic E-state index is -0.306. The van der Waals surface area contributed by atoms with Crippen molar-refractivity contribution in [3.8, 4) is 0 Å². The van der Waals surface area contributed by atoms with Crippen molar-refractivity contribution in [2.24, 2.45) is 5.92 Å². The van der Waals surface area contributed by atoms with E-state index < -0.39 is 0 Å². The molecule has 2 heterocycles. The predicted octanol–water partition coefficient (Wildman–Crippen LogP) is 3.00. The van der Waals surface area contributed by atoms with Gasteiger partial charge in [0.1, 0.15) is 0 Å². The van der Waals surface area contributed by atoms with Crippen molar-refractivity contribution in [2.75, 3.05) is 26.2 Å². The van der Waals surface area contributed by atoms with Gasteiger partial charge >= 0.3 is 0 Å². The van der Waals surface area contributed by atoms with E-state index in [0.717, 1.165) is 44.6 Å². The molecule has 3 nitrogen and oxygen atoms in total. The Balaban J connectivity index is 1.46. The van der Waals surface area contributed by atoms with E-state index >= 15 is 0 Å². The van der Waals surface area contributed by atoms with Crippen LogP contribution in [0.1, 0.15) is 43.8 Å². The van der Waals surface area contributed by atoms with Gasteiger partial charge in [-0.15, -0.1) is 0 Å². The first kappa shape index (κ1) is 15.0. The number of ether oxygens (including phenoxy) is 1. The summed E-state index contributed by atoms with van der Waals surface area (Å²) in [6.07, 6.45) is 6.06. The molecule has 3 heteroatoms. The third kappa shape index (κ3) is 4.06. The molecule has 0 aliphatic carbocycles. The van der Waals surface area contributed by atoms with Gasteiger partial charge in [-0.1, -0.05) is 30.3 Å². The summed E-state index contributed by atoms with van der Waals surface area (Å²) in [7, 11) is 0. The first-order chi connectivity index (χ1) is 10.3. The molecule has 116 valence electrons. The smallest absolute Gasteiger partial charge is 0.0819 e. The Morgan fingerprint density at radius 1 is 1.10 bits per heavy atom. The minimum Gasteiger partial charge on any atom is -0.388 e. The van der Waals surface area contributed by atoms with Crippen LogP contribution in [0.4, 0.5) is 0 Å². The highest BCUT2D eigenvalue weighted by atomic mass is 16.5. The lowest BCUT2D eigenvalue weighted by molar-refractivity contribution is -0.0178. The molecular formula is C18H27NO2. The Morgan fingerprint density at radius 3 is 2.52 bits per heavy atom. The number of hydrogen-bond donors (Lipinski definition) is 1. The zero-order valence-corrected chi connectivity index (χ0v) is 12.8. The highest BCUT2D eigenvalue weighted by molar-refractivity contribution is 5.18. The van der Waals surface area contributed by atoms with Crippen LogP contribution >= 0.6 is 0 Å². The second-order valence-corrected chi connectivity index (χ2v) is 6.48. The van der Waals surface area contributed by atoms with Crippen molar-refractivity contribution in [2.45, 2.75) is 44.3 Å². The van der Waals surface area contributed by atoms with Crippen LogP contribution in [0.2, 0.25) is 0 Å². The van der Waals surface area contributed by atoms with E-state index in [1.165, 1.54) is 19.3 Å². The Kier molecular flexibility index (Phi) is 5.28. The second-order valence-electron chi connectivity index (χ2n) is 6.48. The van der Waals surface area contributed by atoms with Crippen LogP contribution in [-0.2, 0) is 4.74 Å². The van der Waals surface area contributed by atoms with Gasteiger partial charge in [0.15, 0.2) is 0 Å². The van der Waals surface area contributed by atoms with Gasteiger partial charge in [-0.25, -0.2) is 0 Å². The van der Waals surface area contributed by atoms with E-state index in [1.807, 2.05) is 30.3 Å². The van der Waals surface area contributed by atoms with Gasteiger partial charge in [0.05, 0.1) is 12.2 Å². The number of hydrogen-bond acceptors (Lipinski definition) is 3. The lowest BCUT2D eigenvalue weighted by Crippen LogP contribution is -2.41. The van der Waals surface area contributed by atoms with Crippen LogP contribution in [-0.4, -0.2) is 42.4 Å². The molecule has 0 amide bonds. The molecule has 2 unspecified atom stereocenters. The van der Waals surface area contributed by atoms with Gasteiger partial charge in [-0.2, -0.15) is 0 Å². The maximum atomic E-state index is 10.5. The highest BCUT2D eigenvalue weighted by Gasteiger charge is 2.27. The molecule has 2 saturated heterocycles. The van der Waals surface area contributed by atoms with Crippen LogP contribution in [0.15, 0.2) is 30.3 Å². The molecule has 21 heavy (non-hydrogen) atoms. The highest BCUT2D eigenvalue weighted by Crippen LogP contribution is 2.30. The van der Waals surface area contributed by atoms with Crippen LogP contribution in [0.3, 0.4) is 0 Å². The van der Waals surface area contributed by atoms with Crippen molar-refractivity contribution in [1.29, 1.82) is 0 Å². The summed E-state index contributed by atoms with van der Waals surface area (Å²) < 4.78 is 5.83. The first-order valence-electron chi connectivity index (χ1n) is 8.40. The van der Waals surface area contributed by atoms with Gasteiger partial charge in [-0.05, 0) is 56.7 Å². The van der Waals surface area contributed by atoms with Crippen molar-refractivity contribution in [1.82, 2.24) is 4.90 Å². The van der Waals surface area contributed by atoms with Gasteiger partial charge < -0.3 is 14.7 Å². The molecule has 1 aromatic rings. The molecule has 0 radical (unpaired) electrons. The van der Waals surface area contributed by atoms with Gasteiger partial charge in [0.25, 0.3) is 0 Å². The summed E-state index contributed by atoms with van der Waals surface area (Å²) in [4.78, 5) is 2.52. The molecule has 2 atom stereocenters. The zero-order valence-electron chi connectivity index (χ0n) is 12.8. The fourth-order valence-electron chi connectivity index (χ4n) is 3.61. The topological polar surface area (TPSA) is 32.7 Å². The molecule has 2 aliphatic heterocycles. The molecule has 0 bridgehead atoms. The monoisotopic (exact) mass is 289 g/mol. The number of aliphatic hydroxyl groups is 1. The number of benzene rings is 1. The number of nitrogens with zero attached hydrogens (tertiary/aromatic N) is 1. The largest absolute Gasteiger partial charge is 0.388 e. The average molecular weight is 289 g/mol. The lowest BCUT2D eigenvalue weighted by atomic mass is 9.87. The summed E-state index contributed by atoms with van der Waals surface area (Å²) in [6.45, 7) is 4.20. The zero-order chi connectivity index (χ0) is 14.5. The molecule has 2 aliphatic rings. The molecule has 3 rings (SSSR count). The summed E-state index contributed by atoms with van der Waals surface area (Å²) in [5.41, 5.74) is 1.06. The normalized spacial score (nSPS) is 26.6. The minimum absolute atomic E-state index is 0.306. The number of piperidine rings is 1. The maximum Gasteiger partial charge on any atom is 0.0819 e. The lowest BCUT2D eigenvalue weighted by Gasteiger charge is -2.36. The second kappa shape index (κ2) is 7.39. The summed E-state index contributed by atoms with van der Waals surface area (Å²) >= 11 is 0. The number of likely N-dealkylation sites (tertiary alicyclic amines) is 1. The third-order valence-electron chi connectivity index (χ3n) is 4.96. The first-order valence-corrected chi connectivity index (χ1v) is 8.40. The standard InChI is InChI=1S/C18H27NO2/c20-18(15-6-2-1-3-7-15)16-9-11-19(12-10-16)14-17-8-4-5-13-21-17/h1-3,6-7,16-18,20H,4-5,8-14H2. The SMILES string of the molecule is OC(c1ccccc1)C1CCN(CC2CCCCO2)CC1. The van der Waals surface area contributed by atoms with E-state index in [0.29, 0.717) is 12.0 Å². The predicted molar refractivity (Wildman–Crippen MR) is 84.2 cm³/mol. The van der Waals surface area contributed by atoms with Crippen molar-refractivity contribution in [3.05, 3.63) is 35.9 Å². The van der Waals surface area contributed by atoms with Gasteiger partial charge in [-0.3, -0.25) is 0 Å². The van der Waals surface area contributed by atoms with E-state index in [9.17, 15) is 5.11 Å². The third-order valence-corrected chi connectivity index (χ3v) is 4.96. The fourth-order valence-corrected chi connectivity index (χ4v) is 3.61. The van der Waals surface area contributed by atoms with Crippen molar-refractivity contribution >= 4 is 0 Å². The summed E-state index contributed by atoms with van der Waals surface area (Å²) in [5.74, 6) is 0.399. The van der Waals surface area contributed by atoms with E-state index in [2.05, 4.69) is 4.90 Å². The molecule has 0 aromatic heterocycles. The van der Waals surface area contributed by atoms with Gasteiger partial charge in [0, 0.05) is 13.2 Å². The molecule has 1 N–H and O–H groups in total. The van der Waals surface area contributed by atoms with E-state index in [1.54, 1.807) is 0 Å². The summed E-state index contributed by atoms with van der Waals surface area (Å²) in [6, 6.07) is 10.1. The van der Waals surface area contributed by atoms with Crippen molar-refractivity contribution < 1.29 is 9.84 Å². The average Bonchev–Trinajstić information content (AvgIpc) is 2.57. The van der Waals surface area contributed by atoms with Crippen LogP contribution in [0.25, 0.3) is 0 Å². The van der Waals surface area contributed by atoms with Crippen LogP contribution < -0.4 is 0 Å². The molecule has 0 spiro atoms. The van der Waals surface area contributed by atoms with E-state index in [-0.39, 0.29) is 6.10 Å². The Hall–Kier alpha value is -0.900. The summed E-state index contributed by atoms with van der Waals surface area (Å²) in [5, 5.41) is 10.5. The van der Waals surface area contributed by atoms with Gasteiger partial charge in [0.2, 0.25) is 0 Å². The number of rotatable bonds is 4. The van der Waals surface area contributed by atoms with Crippen molar-refractivity contribution in [3.63, 3.8) is 0 Å². The van der Waals surface area contributed by atoms with Crippen LogP contribution in [0.5, 0.6) is 0 Å². The quantitative estimate of drug-likeness (QED) is 0.925. The van der Waals surface area contributed by atoms with E-state index in [4.69, 9.17) is 4.74 Å². The maximum absolute atomic E-state index is 10.5. The fraction of sp³-hybridized carbons (Fsp3) is 0.667. The van der Waals surface area contributed by atoms with Crippen LogP contribution in [0, 0.1) is 5.92 Å². The Bertz CT molecular complexity index is 408. The molecular weight excluding hydrogens is 262 g/mol. The molecule has 1 aromatic carbocycles. The molecule has 0 saturated carbocycles.